The van der Waals surface area contributed by atoms with Crippen molar-refractivity contribution in [1.82, 2.24) is 14.9 Å². The van der Waals surface area contributed by atoms with E-state index in [-0.39, 0.29) is 11.6 Å². The molecule has 1 fully saturated rings. The number of nitrogens with zero attached hydrogens (tertiary/aromatic N) is 4. The molecule has 2 heterocycles. The highest BCUT2D eigenvalue weighted by molar-refractivity contribution is 6.35. The molecule has 0 unspecified atom stereocenters. The Morgan fingerprint density at radius 1 is 1.12 bits per heavy atom. The molecule has 136 valence electrons. The van der Waals surface area contributed by atoms with Gasteiger partial charge in [-0.3, -0.25) is 9.59 Å². The molecule has 0 spiro atoms. The van der Waals surface area contributed by atoms with Gasteiger partial charge in [0.25, 0.3) is 5.91 Å². The van der Waals surface area contributed by atoms with Gasteiger partial charge < -0.3 is 15.1 Å². The van der Waals surface area contributed by atoms with Gasteiger partial charge in [0.05, 0.1) is 10.7 Å². The number of carbonyl (C=O) groups excluding carboxylic acids is 2. The predicted molar refractivity (Wildman–Crippen MR) is 101 cm³/mol. The molecule has 0 aliphatic carbocycles. The maximum absolute atomic E-state index is 12.5. The molecule has 1 aliphatic rings. The van der Waals surface area contributed by atoms with Crippen molar-refractivity contribution in [2.24, 2.45) is 0 Å². The minimum absolute atomic E-state index is 0.0529. The van der Waals surface area contributed by atoms with Gasteiger partial charge in [-0.1, -0.05) is 23.2 Å². The molecular weight excluding hydrogens is 377 g/mol. The van der Waals surface area contributed by atoms with Crippen molar-refractivity contribution in [3.63, 3.8) is 0 Å². The molecule has 1 N–H and O–H groups in total. The fourth-order valence-corrected chi connectivity index (χ4v) is 2.97. The van der Waals surface area contributed by atoms with Crippen molar-refractivity contribution < 1.29 is 9.59 Å². The van der Waals surface area contributed by atoms with Crippen molar-refractivity contribution >= 4 is 46.7 Å². The second kappa shape index (κ2) is 7.88. The Morgan fingerprint density at radius 2 is 1.85 bits per heavy atom. The van der Waals surface area contributed by atoms with E-state index < -0.39 is 5.91 Å². The van der Waals surface area contributed by atoms with Crippen LogP contribution in [0.3, 0.4) is 0 Å². The van der Waals surface area contributed by atoms with E-state index in [1.54, 1.807) is 30.0 Å². The normalized spacial score (nSPS) is 14.3. The Balaban J connectivity index is 1.72. The number of hydrogen-bond acceptors (Lipinski definition) is 5. The molecule has 0 saturated carbocycles. The van der Waals surface area contributed by atoms with Crippen LogP contribution in [0.1, 0.15) is 17.4 Å². The van der Waals surface area contributed by atoms with Crippen LogP contribution >= 0.6 is 23.2 Å². The quantitative estimate of drug-likeness (QED) is 0.866. The van der Waals surface area contributed by atoms with Crippen LogP contribution in [-0.2, 0) is 4.79 Å². The number of piperazine rings is 1. The van der Waals surface area contributed by atoms with Gasteiger partial charge in [-0.25, -0.2) is 9.97 Å². The van der Waals surface area contributed by atoms with Crippen molar-refractivity contribution in [3.8, 4) is 0 Å². The number of nitrogens with one attached hydrogen (secondary N) is 1. The first kappa shape index (κ1) is 18.4. The topological polar surface area (TPSA) is 78.4 Å². The van der Waals surface area contributed by atoms with E-state index in [0.717, 1.165) is 0 Å². The number of anilines is 2. The maximum atomic E-state index is 12.5. The molecule has 1 saturated heterocycles. The highest BCUT2D eigenvalue weighted by Gasteiger charge is 2.21. The molecule has 1 aliphatic heterocycles. The lowest BCUT2D eigenvalue weighted by atomic mass is 10.3. The second-order valence-electron chi connectivity index (χ2n) is 5.81. The standard InChI is InChI=1S/C17H17Cl2N5O2/c1-11(25)23-6-8-24(9-7-23)17-20-5-4-14(22-17)16(26)21-15-10-12(18)2-3-13(15)19/h2-5,10H,6-9H2,1H3,(H,21,26). The van der Waals surface area contributed by atoms with Gasteiger partial charge in [0, 0.05) is 44.3 Å². The largest absolute Gasteiger partial charge is 0.339 e. The van der Waals surface area contributed by atoms with E-state index in [9.17, 15) is 9.59 Å². The Bertz CT molecular complexity index is 838. The van der Waals surface area contributed by atoms with Crippen LogP contribution in [0, 0.1) is 0 Å². The zero-order valence-corrected chi connectivity index (χ0v) is 15.6. The number of amides is 2. The number of benzene rings is 1. The lowest BCUT2D eigenvalue weighted by Crippen LogP contribution is -2.48. The average molecular weight is 394 g/mol. The number of rotatable bonds is 3. The Hall–Kier alpha value is -2.38. The summed E-state index contributed by atoms with van der Waals surface area (Å²) in [7, 11) is 0. The maximum Gasteiger partial charge on any atom is 0.274 e. The zero-order chi connectivity index (χ0) is 18.7. The number of halogens is 2. The summed E-state index contributed by atoms with van der Waals surface area (Å²) in [5.41, 5.74) is 0.638. The molecule has 26 heavy (non-hydrogen) atoms. The minimum Gasteiger partial charge on any atom is -0.339 e. The summed E-state index contributed by atoms with van der Waals surface area (Å²) in [6.45, 7) is 3.99. The second-order valence-corrected chi connectivity index (χ2v) is 6.66. The lowest BCUT2D eigenvalue weighted by molar-refractivity contribution is -0.129. The van der Waals surface area contributed by atoms with Gasteiger partial charge in [-0.15, -0.1) is 0 Å². The van der Waals surface area contributed by atoms with E-state index in [2.05, 4.69) is 15.3 Å². The van der Waals surface area contributed by atoms with Gasteiger partial charge in [0.15, 0.2) is 0 Å². The van der Waals surface area contributed by atoms with Gasteiger partial charge in [0.1, 0.15) is 5.69 Å². The van der Waals surface area contributed by atoms with E-state index >= 15 is 0 Å². The third-order valence-electron chi connectivity index (χ3n) is 4.06. The fraction of sp³-hybridized carbons (Fsp3) is 0.294. The van der Waals surface area contributed by atoms with Crippen LogP contribution in [0.5, 0.6) is 0 Å². The average Bonchev–Trinajstić information content (AvgIpc) is 2.65. The summed E-state index contributed by atoms with van der Waals surface area (Å²) in [5, 5.41) is 3.56. The van der Waals surface area contributed by atoms with Crippen LogP contribution in [0.4, 0.5) is 11.6 Å². The molecule has 1 aromatic carbocycles. The van der Waals surface area contributed by atoms with Crippen LogP contribution < -0.4 is 10.2 Å². The summed E-state index contributed by atoms with van der Waals surface area (Å²) < 4.78 is 0. The number of hydrogen-bond donors (Lipinski definition) is 1. The van der Waals surface area contributed by atoms with E-state index in [0.29, 0.717) is 47.9 Å². The summed E-state index contributed by atoms with van der Waals surface area (Å²) in [5.74, 6) is 0.107. The number of aromatic nitrogens is 2. The smallest absolute Gasteiger partial charge is 0.274 e. The van der Waals surface area contributed by atoms with Crippen molar-refractivity contribution in [1.29, 1.82) is 0 Å². The molecule has 2 amide bonds. The first-order chi connectivity index (χ1) is 12.4. The highest BCUT2D eigenvalue weighted by Crippen LogP contribution is 2.25. The Morgan fingerprint density at radius 3 is 2.54 bits per heavy atom. The summed E-state index contributed by atoms with van der Waals surface area (Å²) in [6, 6.07) is 6.36. The summed E-state index contributed by atoms with van der Waals surface area (Å²) >= 11 is 12.0. The van der Waals surface area contributed by atoms with Gasteiger partial charge in [0.2, 0.25) is 11.9 Å². The summed E-state index contributed by atoms with van der Waals surface area (Å²) in [4.78, 5) is 36.2. The monoisotopic (exact) mass is 393 g/mol. The van der Waals surface area contributed by atoms with Crippen molar-refractivity contribution in [3.05, 3.63) is 46.2 Å². The Kier molecular flexibility index (Phi) is 5.58. The van der Waals surface area contributed by atoms with Crippen LogP contribution in [0.25, 0.3) is 0 Å². The summed E-state index contributed by atoms with van der Waals surface area (Å²) in [6.07, 6.45) is 1.54. The molecule has 3 rings (SSSR count). The first-order valence-electron chi connectivity index (χ1n) is 8.04. The van der Waals surface area contributed by atoms with Crippen LogP contribution in [0.15, 0.2) is 30.5 Å². The van der Waals surface area contributed by atoms with Crippen molar-refractivity contribution in [2.75, 3.05) is 36.4 Å². The van der Waals surface area contributed by atoms with Gasteiger partial charge >= 0.3 is 0 Å². The predicted octanol–water partition coefficient (Wildman–Crippen LogP) is 2.70. The lowest BCUT2D eigenvalue weighted by Gasteiger charge is -2.34. The number of carbonyl (C=O) groups is 2. The SMILES string of the molecule is CC(=O)N1CCN(c2nccc(C(=O)Nc3cc(Cl)ccc3Cl)n2)CC1. The van der Waals surface area contributed by atoms with E-state index in [1.165, 1.54) is 12.3 Å². The molecular formula is C17H17Cl2N5O2. The zero-order valence-electron chi connectivity index (χ0n) is 14.1. The molecule has 0 bridgehead atoms. The molecule has 9 heteroatoms. The fourth-order valence-electron chi connectivity index (χ4n) is 2.63. The molecule has 2 aromatic rings. The highest BCUT2D eigenvalue weighted by atomic mass is 35.5. The molecule has 0 atom stereocenters. The first-order valence-corrected chi connectivity index (χ1v) is 8.79. The minimum atomic E-state index is -0.403. The molecule has 0 radical (unpaired) electrons. The van der Waals surface area contributed by atoms with Gasteiger partial charge in [-0.2, -0.15) is 0 Å². The third-order valence-corrected chi connectivity index (χ3v) is 4.62. The third kappa shape index (κ3) is 4.23. The van der Waals surface area contributed by atoms with Crippen LogP contribution in [-0.4, -0.2) is 52.9 Å². The van der Waals surface area contributed by atoms with E-state index in [1.807, 2.05) is 4.90 Å². The van der Waals surface area contributed by atoms with Gasteiger partial charge in [-0.05, 0) is 24.3 Å². The van der Waals surface area contributed by atoms with E-state index in [4.69, 9.17) is 23.2 Å². The molecule has 7 nitrogen and oxygen atoms in total. The van der Waals surface area contributed by atoms with Crippen molar-refractivity contribution in [2.45, 2.75) is 6.92 Å². The van der Waals surface area contributed by atoms with Crippen LogP contribution in [0.2, 0.25) is 10.0 Å². The Labute approximate surface area is 160 Å². The molecule has 1 aromatic heterocycles.